The monoisotopic (exact) mass is 387 g/mol. The molecule has 6 heteroatoms. The maximum absolute atomic E-state index is 13.0. The number of unbranched alkanes of at least 4 members (excludes halogenated alkanes) is 1. The lowest BCUT2D eigenvalue weighted by atomic mass is 10.0. The summed E-state index contributed by atoms with van der Waals surface area (Å²) >= 11 is 1.42. The minimum atomic E-state index is -0.224. The van der Waals surface area contributed by atoms with Crippen LogP contribution in [0.5, 0.6) is 0 Å². The van der Waals surface area contributed by atoms with Crippen molar-refractivity contribution >= 4 is 28.3 Å². The van der Waals surface area contributed by atoms with Gasteiger partial charge in [0.2, 0.25) is 5.91 Å². The lowest BCUT2D eigenvalue weighted by Gasteiger charge is -2.28. The number of rotatable bonds is 9. The van der Waals surface area contributed by atoms with Gasteiger partial charge in [-0.25, -0.2) is 4.98 Å². The number of hydrogen-bond donors (Lipinski definition) is 1. The standard InChI is InChI=1S/C21H29N3O2S/c1-5-7-8-17-9-11-18(12-10-17)20(26)24(15(3)6-2)14-19(25)23-21-22-13-16(4)27-21/h9-13,15H,5-8,14H2,1-4H3,(H,22,23,25). The van der Waals surface area contributed by atoms with Crippen molar-refractivity contribution in [2.45, 2.75) is 59.4 Å². The second kappa shape index (κ2) is 10.2. The van der Waals surface area contributed by atoms with Crippen molar-refractivity contribution in [3.05, 3.63) is 46.5 Å². The first-order chi connectivity index (χ1) is 12.9. The van der Waals surface area contributed by atoms with E-state index in [-0.39, 0.29) is 24.4 Å². The number of thiazole rings is 1. The zero-order valence-electron chi connectivity index (χ0n) is 16.6. The molecule has 2 aromatic rings. The number of aryl methyl sites for hydroxylation is 2. The van der Waals surface area contributed by atoms with E-state index in [1.54, 1.807) is 11.1 Å². The molecule has 0 aliphatic carbocycles. The Bertz CT molecular complexity index is 755. The summed E-state index contributed by atoms with van der Waals surface area (Å²) in [5.41, 5.74) is 1.86. The highest BCUT2D eigenvalue weighted by molar-refractivity contribution is 7.15. The number of amides is 2. The van der Waals surface area contributed by atoms with Crippen molar-refractivity contribution in [2.75, 3.05) is 11.9 Å². The van der Waals surface area contributed by atoms with Gasteiger partial charge in [-0.2, -0.15) is 0 Å². The molecule has 1 heterocycles. The topological polar surface area (TPSA) is 62.3 Å². The number of nitrogens with one attached hydrogen (secondary N) is 1. The number of nitrogens with zero attached hydrogens (tertiary/aromatic N) is 2. The van der Waals surface area contributed by atoms with Gasteiger partial charge in [-0.3, -0.25) is 9.59 Å². The number of benzene rings is 1. The summed E-state index contributed by atoms with van der Waals surface area (Å²) in [5.74, 6) is -0.338. The lowest BCUT2D eigenvalue weighted by molar-refractivity contribution is -0.117. The third-order valence-corrected chi connectivity index (χ3v) is 5.41. The number of carbonyl (C=O) groups excluding carboxylic acids is 2. The van der Waals surface area contributed by atoms with Crippen LogP contribution in [0.2, 0.25) is 0 Å². The Morgan fingerprint density at radius 2 is 1.93 bits per heavy atom. The second-order valence-corrected chi connectivity index (χ2v) is 8.05. The van der Waals surface area contributed by atoms with Crippen molar-refractivity contribution in [3.63, 3.8) is 0 Å². The Morgan fingerprint density at radius 3 is 2.48 bits per heavy atom. The lowest BCUT2D eigenvalue weighted by Crippen LogP contribution is -2.43. The fourth-order valence-electron chi connectivity index (χ4n) is 2.73. The fourth-order valence-corrected chi connectivity index (χ4v) is 3.42. The first-order valence-corrected chi connectivity index (χ1v) is 10.4. The first kappa shape index (κ1) is 21.1. The molecule has 0 saturated heterocycles. The van der Waals surface area contributed by atoms with E-state index in [2.05, 4.69) is 17.2 Å². The Kier molecular flexibility index (Phi) is 7.98. The summed E-state index contributed by atoms with van der Waals surface area (Å²) in [6.45, 7) is 8.10. The molecule has 2 amide bonds. The molecule has 0 aliphatic heterocycles. The van der Waals surface area contributed by atoms with Crippen LogP contribution in [-0.2, 0) is 11.2 Å². The highest BCUT2D eigenvalue weighted by Gasteiger charge is 2.23. The normalized spacial score (nSPS) is 11.9. The van der Waals surface area contributed by atoms with E-state index in [1.165, 1.54) is 16.9 Å². The van der Waals surface area contributed by atoms with Crippen LogP contribution in [0.25, 0.3) is 0 Å². The summed E-state index contributed by atoms with van der Waals surface area (Å²) in [6.07, 6.45) is 5.82. The highest BCUT2D eigenvalue weighted by Crippen LogP contribution is 2.17. The number of anilines is 1. The van der Waals surface area contributed by atoms with Crippen LogP contribution in [0, 0.1) is 6.92 Å². The van der Waals surface area contributed by atoms with E-state index >= 15 is 0 Å². The van der Waals surface area contributed by atoms with Crippen LogP contribution in [0.15, 0.2) is 30.5 Å². The largest absolute Gasteiger partial charge is 0.327 e. The predicted molar refractivity (Wildman–Crippen MR) is 111 cm³/mol. The molecule has 1 aromatic heterocycles. The van der Waals surface area contributed by atoms with E-state index in [0.29, 0.717) is 10.7 Å². The molecule has 0 fully saturated rings. The van der Waals surface area contributed by atoms with Gasteiger partial charge in [0, 0.05) is 22.7 Å². The number of aromatic nitrogens is 1. The third-order valence-electron chi connectivity index (χ3n) is 4.59. The molecule has 1 unspecified atom stereocenters. The van der Waals surface area contributed by atoms with Gasteiger partial charge in [0.1, 0.15) is 6.54 Å². The van der Waals surface area contributed by atoms with Crippen LogP contribution >= 0.6 is 11.3 Å². The molecule has 27 heavy (non-hydrogen) atoms. The predicted octanol–water partition coefficient (Wildman–Crippen LogP) is 4.67. The van der Waals surface area contributed by atoms with Crippen LogP contribution in [0.4, 0.5) is 5.13 Å². The van der Waals surface area contributed by atoms with Gasteiger partial charge in [-0.15, -0.1) is 11.3 Å². The van der Waals surface area contributed by atoms with E-state index < -0.39 is 0 Å². The fraction of sp³-hybridized carbons (Fsp3) is 0.476. The van der Waals surface area contributed by atoms with Crippen molar-refractivity contribution in [1.82, 2.24) is 9.88 Å². The molecular formula is C21H29N3O2S. The van der Waals surface area contributed by atoms with Crippen molar-refractivity contribution in [1.29, 1.82) is 0 Å². The molecule has 5 nitrogen and oxygen atoms in total. The van der Waals surface area contributed by atoms with Crippen LogP contribution in [0.3, 0.4) is 0 Å². The molecule has 1 aromatic carbocycles. The zero-order chi connectivity index (χ0) is 19.8. The summed E-state index contributed by atoms with van der Waals surface area (Å²) in [4.78, 5) is 32.2. The molecule has 0 bridgehead atoms. The van der Waals surface area contributed by atoms with E-state index in [0.717, 1.165) is 30.6 Å². The molecule has 0 spiro atoms. The quantitative estimate of drug-likeness (QED) is 0.680. The molecule has 1 N–H and O–H groups in total. The highest BCUT2D eigenvalue weighted by atomic mass is 32.1. The number of hydrogen-bond acceptors (Lipinski definition) is 4. The maximum Gasteiger partial charge on any atom is 0.254 e. The van der Waals surface area contributed by atoms with Gasteiger partial charge in [-0.1, -0.05) is 32.4 Å². The van der Waals surface area contributed by atoms with Gasteiger partial charge in [0.05, 0.1) is 0 Å². The van der Waals surface area contributed by atoms with E-state index in [1.807, 2.05) is 45.0 Å². The summed E-state index contributed by atoms with van der Waals surface area (Å²) in [7, 11) is 0. The van der Waals surface area contributed by atoms with Crippen LogP contribution in [-0.4, -0.2) is 34.3 Å². The molecule has 0 aliphatic rings. The minimum Gasteiger partial charge on any atom is -0.327 e. The van der Waals surface area contributed by atoms with Crippen molar-refractivity contribution in [2.24, 2.45) is 0 Å². The molecule has 0 saturated carbocycles. The average molecular weight is 388 g/mol. The van der Waals surface area contributed by atoms with Gasteiger partial charge < -0.3 is 10.2 Å². The third kappa shape index (κ3) is 6.17. The van der Waals surface area contributed by atoms with Crippen LogP contribution < -0.4 is 5.32 Å². The van der Waals surface area contributed by atoms with Crippen LogP contribution in [0.1, 0.15) is 60.8 Å². The Hall–Kier alpha value is -2.21. The molecule has 146 valence electrons. The summed E-state index contributed by atoms with van der Waals surface area (Å²) < 4.78 is 0. The SMILES string of the molecule is CCCCc1ccc(C(=O)N(CC(=O)Nc2ncc(C)s2)C(C)CC)cc1. The number of carbonyl (C=O) groups is 2. The second-order valence-electron chi connectivity index (χ2n) is 6.82. The van der Waals surface area contributed by atoms with Gasteiger partial charge in [0.15, 0.2) is 5.13 Å². The van der Waals surface area contributed by atoms with E-state index in [9.17, 15) is 9.59 Å². The van der Waals surface area contributed by atoms with E-state index in [4.69, 9.17) is 0 Å². The van der Waals surface area contributed by atoms with Gasteiger partial charge in [0.25, 0.3) is 5.91 Å². The Morgan fingerprint density at radius 1 is 1.22 bits per heavy atom. The van der Waals surface area contributed by atoms with Gasteiger partial charge >= 0.3 is 0 Å². The summed E-state index contributed by atoms with van der Waals surface area (Å²) in [5, 5.41) is 3.35. The van der Waals surface area contributed by atoms with Gasteiger partial charge in [-0.05, 0) is 50.8 Å². The molecule has 2 rings (SSSR count). The summed E-state index contributed by atoms with van der Waals surface area (Å²) in [6, 6.07) is 7.72. The smallest absolute Gasteiger partial charge is 0.254 e. The molecular weight excluding hydrogens is 358 g/mol. The molecule has 0 radical (unpaired) electrons. The first-order valence-electron chi connectivity index (χ1n) is 9.56. The average Bonchev–Trinajstić information content (AvgIpc) is 3.08. The minimum absolute atomic E-state index is 0.0179. The molecule has 1 atom stereocenters. The maximum atomic E-state index is 13.0. The Balaban J connectivity index is 2.07. The van der Waals surface area contributed by atoms with Crippen molar-refractivity contribution in [3.8, 4) is 0 Å². The van der Waals surface area contributed by atoms with Crippen molar-refractivity contribution < 1.29 is 9.59 Å². The zero-order valence-corrected chi connectivity index (χ0v) is 17.4. The Labute approximate surface area is 165 Å².